The molecule has 0 fully saturated rings. The van der Waals surface area contributed by atoms with E-state index in [2.05, 4.69) is 37.0 Å². The number of benzene rings is 1. The Morgan fingerprint density at radius 2 is 2.38 bits per heavy atom. The molecule has 0 spiro atoms. The molecule has 0 saturated heterocycles. The molecule has 68 valence electrons. The molecule has 0 aliphatic carbocycles. The van der Waals surface area contributed by atoms with Gasteiger partial charge in [0.15, 0.2) is 0 Å². The molecule has 0 radical (unpaired) electrons. The van der Waals surface area contributed by atoms with Crippen LogP contribution in [-0.4, -0.2) is 6.54 Å². The first-order valence-corrected chi connectivity index (χ1v) is 4.80. The van der Waals surface area contributed by atoms with Crippen molar-refractivity contribution in [2.45, 2.75) is 19.4 Å². The van der Waals surface area contributed by atoms with Crippen LogP contribution >= 0.6 is 0 Å². The summed E-state index contributed by atoms with van der Waals surface area (Å²) in [4.78, 5) is 0. The third-order valence-electron chi connectivity index (χ3n) is 2.71. The van der Waals surface area contributed by atoms with Crippen LogP contribution in [0.5, 0.6) is 0 Å². The number of nitrogens with one attached hydrogen (secondary N) is 1. The first-order valence-electron chi connectivity index (χ1n) is 4.80. The highest BCUT2D eigenvalue weighted by Gasteiger charge is 2.14. The molecule has 1 aromatic rings. The molecule has 1 N–H and O–H groups in total. The van der Waals surface area contributed by atoms with Crippen LogP contribution in [0.4, 0.5) is 0 Å². The molecule has 0 bridgehead atoms. The summed E-state index contributed by atoms with van der Waals surface area (Å²) < 4.78 is 0. The van der Waals surface area contributed by atoms with Gasteiger partial charge in [-0.25, -0.2) is 0 Å². The number of hydrogen-bond donors (Lipinski definition) is 1. The van der Waals surface area contributed by atoms with Gasteiger partial charge in [-0.3, -0.25) is 0 Å². The lowest BCUT2D eigenvalue weighted by atomic mass is 9.93. The lowest BCUT2D eigenvalue weighted by Gasteiger charge is -2.24. The maximum absolute atomic E-state index is 3.78. The SMILES string of the molecule is C=Cc1ccc2c(c1)CCNC2C. The van der Waals surface area contributed by atoms with Gasteiger partial charge in [0.1, 0.15) is 0 Å². The van der Waals surface area contributed by atoms with E-state index in [-0.39, 0.29) is 0 Å². The van der Waals surface area contributed by atoms with E-state index < -0.39 is 0 Å². The minimum Gasteiger partial charge on any atom is -0.310 e. The van der Waals surface area contributed by atoms with Crippen LogP contribution in [0, 0.1) is 0 Å². The van der Waals surface area contributed by atoms with Crippen LogP contribution in [0.3, 0.4) is 0 Å². The molecule has 1 aromatic carbocycles. The van der Waals surface area contributed by atoms with Gasteiger partial charge in [-0.05, 0) is 36.6 Å². The minimum absolute atomic E-state index is 0.502. The Bertz CT molecular complexity index is 328. The van der Waals surface area contributed by atoms with E-state index in [0.717, 1.165) is 13.0 Å². The highest BCUT2D eigenvalue weighted by molar-refractivity contribution is 5.50. The fourth-order valence-electron chi connectivity index (χ4n) is 1.92. The fraction of sp³-hybridized carbons (Fsp3) is 0.333. The van der Waals surface area contributed by atoms with Gasteiger partial charge in [0.05, 0.1) is 0 Å². The van der Waals surface area contributed by atoms with Crippen molar-refractivity contribution in [2.24, 2.45) is 0 Å². The molecule has 13 heavy (non-hydrogen) atoms. The number of rotatable bonds is 1. The van der Waals surface area contributed by atoms with Crippen molar-refractivity contribution in [3.8, 4) is 0 Å². The first kappa shape index (κ1) is 8.52. The zero-order chi connectivity index (χ0) is 9.26. The normalized spacial score (nSPS) is 20.8. The van der Waals surface area contributed by atoms with Crippen molar-refractivity contribution in [2.75, 3.05) is 6.54 Å². The Kier molecular flexibility index (Phi) is 2.19. The summed E-state index contributed by atoms with van der Waals surface area (Å²) in [6, 6.07) is 7.10. The van der Waals surface area contributed by atoms with E-state index in [9.17, 15) is 0 Å². The Morgan fingerprint density at radius 1 is 1.54 bits per heavy atom. The Balaban J connectivity index is 2.45. The summed E-state index contributed by atoms with van der Waals surface area (Å²) in [5, 5.41) is 3.45. The minimum atomic E-state index is 0.502. The van der Waals surface area contributed by atoms with Crippen molar-refractivity contribution < 1.29 is 0 Å². The van der Waals surface area contributed by atoms with Crippen LogP contribution < -0.4 is 5.32 Å². The monoisotopic (exact) mass is 173 g/mol. The van der Waals surface area contributed by atoms with Gasteiger partial charge in [-0.1, -0.05) is 30.9 Å². The molecular weight excluding hydrogens is 158 g/mol. The average Bonchev–Trinajstić information content (AvgIpc) is 2.18. The van der Waals surface area contributed by atoms with Gasteiger partial charge in [0.25, 0.3) is 0 Å². The maximum Gasteiger partial charge on any atom is 0.0294 e. The van der Waals surface area contributed by atoms with E-state index in [1.807, 2.05) is 6.08 Å². The molecule has 1 nitrogen and oxygen atoms in total. The van der Waals surface area contributed by atoms with Crippen LogP contribution in [0.25, 0.3) is 6.08 Å². The molecule has 1 heteroatoms. The van der Waals surface area contributed by atoms with E-state index in [4.69, 9.17) is 0 Å². The van der Waals surface area contributed by atoms with Crippen LogP contribution in [-0.2, 0) is 6.42 Å². The topological polar surface area (TPSA) is 12.0 Å². The lowest BCUT2D eigenvalue weighted by Crippen LogP contribution is -2.27. The molecule has 1 unspecified atom stereocenters. The third kappa shape index (κ3) is 1.52. The van der Waals surface area contributed by atoms with Crippen LogP contribution in [0.2, 0.25) is 0 Å². The van der Waals surface area contributed by atoms with E-state index in [1.54, 1.807) is 0 Å². The Morgan fingerprint density at radius 3 is 3.15 bits per heavy atom. The smallest absolute Gasteiger partial charge is 0.0294 e. The summed E-state index contributed by atoms with van der Waals surface area (Å²) >= 11 is 0. The number of fused-ring (bicyclic) bond motifs is 1. The largest absolute Gasteiger partial charge is 0.310 e. The van der Waals surface area contributed by atoms with E-state index in [1.165, 1.54) is 16.7 Å². The van der Waals surface area contributed by atoms with Gasteiger partial charge in [0, 0.05) is 6.04 Å². The van der Waals surface area contributed by atoms with Gasteiger partial charge in [-0.15, -0.1) is 0 Å². The van der Waals surface area contributed by atoms with Crippen molar-refractivity contribution in [3.63, 3.8) is 0 Å². The molecule has 0 amide bonds. The second-order valence-corrected chi connectivity index (χ2v) is 3.59. The van der Waals surface area contributed by atoms with Crippen LogP contribution in [0.1, 0.15) is 29.7 Å². The molecule has 1 aliphatic rings. The van der Waals surface area contributed by atoms with Gasteiger partial charge < -0.3 is 5.32 Å². The van der Waals surface area contributed by atoms with Crippen LogP contribution in [0.15, 0.2) is 24.8 Å². The van der Waals surface area contributed by atoms with Crippen molar-refractivity contribution in [1.82, 2.24) is 5.32 Å². The van der Waals surface area contributed by atoms with E-state index >= 15 is 0 Å². The van der Waals surface area contributed by atoms with Crippen molar-refractivity contribution in [1.29, 1.82) is 0 Å². The van der Waals surface area contributed by atoms with Gasteiger partial charge in [-0.2, -0.15) is 0 Å². The zero-order valence-corrected chi connectivity index (χ0v) is 8.01. The van der Waals surface area contributed by atoms with Gasteiger partial charge in [0.2, 0.25) is 0 Å². The summed E-state index contributed by atoms with van der Waals surface area (Å²) in [5.74, 6) is 0. The summed E-state index contributed by atoms with van der Waals surface area (Å²) in [7, 11) is 0. The van der Waals surface area contributed by atoms with Crippen molar-refractivity contribution >= 4 is 6.08 Å². The molecular formula is C12H15N. The second-order valence-electron chi connectivity index (χ2n) is 3.59. The van der Waals surface area contributed by atoms with Gasteiger partial charge >= 0.3 is 0 Å². The Labute approximate surface area is 79.5 Å². The average molecular weight is 173 g/mol. The quantitative estimate of drug-likeness (QED) is 0.688. The third-order valence-corrected chi connectivity index (χ3v) is 2.71. The standard InChI is InChI=1S/C12H15N/c1-3-10-4-5-12-9(2)13-7-6-11(12)8-10/h3-5,8-9,13H,1,6-7H2,2H3. The Hall–Kier alpha value is -1.08. The zero-order valence-electron chi connectivity index (χ0n) is 8.01. The predicted octanol–water partition coefficient (Wildman–Crippen LogP) is 2.54. The lowest BCUT2D eigenvalue weighted by molar-refractivity contribution is 0.541. The fourth-order valence-corrected chi connectivity index (χ4v) is 1.92. The first-order chi connectivity index (χ1) is 6.31. The summed E-state index contributed by atoms with van der Waals surface area (Å²) in [6.45, 7) is 7.09. The van der Waals surface area contributed by atoms with Crippen molar-refractivity contribution in [3.05, 3.63) is 41.5 Å². The molecule has 0 saturated carbocycles. The predicted molar refractivity (Wildman–Crippen MR) is 56.7 cm³/mol. The number of hydrogen-bond acceptors (Lipinski definition) is 1. The summed E-state index contributed by atoms with van der Waals surface area (Å²) in [6.07, 6.45) is 3.05. The molecule has 1 heterocycles. The second kappa shape index (κ2) is 3.35. The highest BCUT2D eigenvalue weighted by Crippen LogP contribution is 2.23. The summed E-state index contributed by atoms with van der Waals surface area (Å²) in [5.41, 5.74) is 4.15. The molecule has 0 aromatic heterocycles. The highest BCUT2D eigenvalue weighted by atomic mass is 14.9. The maximum atomic E-state index is 3.78. The van der Waals surface area contributed by atoms with E-state index in [0.29, 0.717) is 6.04 Å². The molecule has 2 rings (SSSR count). The molecule has 1 atom stereocenters. The molecule has 1 aliphatic heterocycles.